The molecule has 110 valence electrons. The number of amides is 2. The normalized spacial score (nSPS) is 11.6. The van der Waals surface area contributed by atoms with Crippen molar-refractivity contribution in [1.29, 1.82) is 0 Å². The van der Waals surface area contributed by atoms with Gasteiger partial charge in [0.25, 0.3) is 5.91 Å². The molecule has 6 nitrogen and oxygen atoms in total. The maximum absolute atomic E-state index is 12.2. The van der Waals surface area contributed by atoms with E-state index < -0.39 is 6.04 Å². The van der Waals surface area contributed by atoms with Crippen molar-refractivity contribution in [1.82, 2.24) is 15.6 Å². The standard InChI is InChI=1S/C14H22N4O2/c1-4-7-17-13(19)10(3)18-14(20)11-9-15-8-6-12(11)16-5-2/h6,8-10H,4-5,7H2,1-3H3,(H,15,16)(H,17,19)(H,18,20). The van der Waals surface area contributed by atoms with E-state index >= 15 is 0 Å². The smallest absolute Gasteiger partial charge is 0.255 e. The zero-order chi connectivity index (χ0) is 15.0. The first kappa shape index (κ1) is 15.9. The number of rotatable bonds is 7. The average molecular weight is 278 g/mol. The highest BCUT2D eigenvalue weighted by Gasteiger charge is 2.18. The van der Waals surface area contributed by atoms with Crippen LogP contribution in [0.25, 0.3) is 0 Å². The number of hydrogen-bond donors (Lipinski definition) is 3. The maximum Gasteiger partial charge on any atom is 0.255 e. The Morgan fingerprint density at radius 1 is 1.35 bits per heavy atom. The first-order valence-corrected chi connectivity index (χ1v) is 6.86. The van der Waals surface area contributed by atoms with Crippen LogP contribution in [0.15, 0.2) is 18.5 Å². The van der Waals surface area contributed by atoms with Crippen molar-refractivity contribution < 1.29 is 9.59 Å². The fraction of sp³-hybridized carbons (Fsp3) is 0.500. The molecule has 0 saturated carbocycles. The average Bonchev–Trinajstić information content (AvgIpc) is 2.45. The van der Waals surface area contributed by atoms with Crippen molar-refractivity contribution in [3.8, 4) is 0 Å². The Kier molecular flexibility index (Phi) is 6.49. The van der Waals surface area contributed by atoms with E-state index in [0.29, 0.717) is 24.3 Å². The molecule has 0 radical (unpaired) electrons. The van der Waals surface area contributed by atoms with Crippen LogP contribution < -0.4 is 16.0 Å². The van der Waals surface area contributed by atoms with Crippen LogP contribution in [0.1, 0.15) is 37.6 Å². The van der Waals surface area contributed by atoms with E-state index in [4.69, 9.17) is 0 Å². The number of carbonyl (C=O) groups is 2. The van der Waals surface area contributed by atoms with Gasteiger partial charge in [0.1, 0.15) is 6.04 Å². The maximum atomic E-state index is 12.2. The van der Waals surface area contributed by atoms with Crippen molar-refractivity contribution in [2.45, 2.75) is 33.2 Å². The summed E-state index contributed by atoms with van der Waals surface area (Å²) in [5, 5.41) is 8.51. The minimum atomic E-state index is -0.580. The minimum Gasteiger partial charge on any atom is -0.385 e. The van der Waals surface area contributed by atoms with Crippen LogP contribution in [0.4, 0.5) is 5.69 Å². The molecule has 2 amide bonds. The van der Waals surface area contributed by atoms with Gasteiger partial charge in [0, 0.05) is 25.5 Å². The molecule has 1 rings (SSSR count). The summed E-state index contributed by atoms with van der Waals surface area (Å²) in [5.41, 5.74) is 1.14. The van der Waals surface area contributed by atoms with Gasteiger partial charge in [0.2, 0.25) is 5.91 Å². The molecule has 0 aliphatic carbocycles. The fourth-order valence-electron chi connectivity index (χ4n) is 1.66. The van der Waals surface area contributed by atoms with E-state index in [-0.39, 0.29) is 11.8 Å². The van der Waals surface area contributed by atoms with E-state index in [1.807, 2.05) is 13.8 Å². The van der Waals surface area contributed by atoms with E-state index in [9.17, 15) is 9.59 Å². The van der Waals surface area contributed by atoms with Crippen LogP contribution in [0.2, 0.25) is 0 Å². The van der Waals surface area contributed by atoms with Gasteiger partial charge in [-0.1, -0.05) is 6.92 Å². The van der Waals surface area contributed by atoms with Crippen LogP contribution in [0.5, 0.6) is 0 Å². The molecule has 0 aliphatic rings. The largest absolute Gasteiger partial charge is 0.385 e. The van der Waals surface area contributed by atoms with E-state index in [1.165, 1.54) is 6.20 Å². The lowest BCUT2D eigenvalue weighted by Gasteiger charge is -2.15. The summed E-state index contributed by atoms with van der Waals surface area (Å²) in [6.45, 7) is 6.89. The van der Waals surface area contributed by atoms with E-state index in [2.05, 4.69) is 20.9 Å². The second kappa shape index (κ2) is 8.14. The van der Waals surface area contributed by atoms with E-state index in [1.54, 1.807) is 19.2 Å². The third kappa shape index (κ3) is 4.53. The molecule has 0 saturated heterocycles. The number of aromatic nitrogens is 1. The Labute approximate surface area is 119 Å². The van der Waals surface area contributed by atoms with Crippen LogP contribution in [-0.2, 0) is 4.79 Å². The highest BCUT2D eigenvalue weighted by molar-refractivity contribution is 6.01. The zero-order valence-corrected chi connectivity index (χ0v) is 12.2. The molecule has 0 aromatic carbocycles. The van der Waals surface area contributed by atoms with Crippen LogP contribution >= 0.6 is 0 Å². The summed E-state index contributed by atoms with van der Waals surface area (Å²) in [6, 6.07) is 1.16. The molecule has 1 unspecified atom stereocenters. The van der Waals surface area contributed by atoms with Gasteiger partial charge in [-0.15, -0.1) is 0 Å². The highest BCUT2D eigenvalue weighted by Crippen LogP contribution is 2.13. The quantitative estimate of drug-likeness (QED) is 0.699. The van der Waals surface area contributed by atoms with Gasteiger partial charge in [-0.2, -0.15) is 0 Å². The number of nitrogens with one attached hydrogen (secondary N) is 3. The van der Waals surface area contributed by atoms with Gasteiger partial charge in [-0.3, -0.25) is 14.6 Å². The molecule has 20 heavy (non-hydrogen) atoms. The van der Waals surface area contributed by atoms with Gasteiger partial charge in [-0.25, -0.2) is 0 Å². The molecule has 1 atom stereocenters. The molecule has 0 spiro atoms. The zero-order valence-electron chi connectivity index (χ0n) is 12.2. The Hall–Kier alpha value is -2.11. The lowest BCUT2D eigenvalue weighted by Crippen LogP contribution is -2.45. The van der Waals surface area contributed by atoms with Crippen molar-refractivity contribution >= 4 is 17.5 Å². The number of anilines is 1. The Balaban J connectivity index is 2.68. The molecule has 6 heteroatoms. The van der Waals surface area contributed by atoms with Crippen molar-refractivity contribution in [3.63, 3.8) is 0 Å². The summed E-state index contributed by atoms with van der Waals surface area (Å²) in [7, 11) is 0. The topological polar surface area (TPSA) is 83.1 Å². The monoisotopic (exact) mass is 278 g/mol. The van der Waals surface area contributed by atoms with Crippen molar-refractivity contribution in [2.75, 3.05) is 18.4 Å². The van der Waals surface area contributed by atoms with Crippen LogP contribution in [0, 0.1) is 0 Å². The number of pyridine rings is 1. The first-order valence-electron chi connectivity index (χ1n) is 6.86. The molecule has 1 aromatic heterocycles. The summed E-state index contributed by atoms with van der Waals surface area (Å²) < 4.78 is 0. The van der Waals surface area contributed by atoms with E-state index in [0.717, 1.165) is 6.42 Å². The third-order valence-corrected chi connectivity index (χ3v) is 2.72. The molecule has 0 bridgehead atoms. The van der Waals surface area contributed by atoms with Gasteiger partial charge >= 0.3 is 0 Å². The van der Waals surface area contributed by atoms with Crippen molar-refractivity contribution in [3.05, 3.63) is 24.0 Å². The SMILES string of the molecule is CCCNC(=O)C(C)NC(=O)c1cnccc1NCC. The molecular weight excluding hydrogens is 256 g/mol. The number of nitrogens with zero attached hydrogens (tertiary/aromatic N) is 1. The molecule has 1 aromatic rings. The fourth-order valence-corrected chi connectivity index (χ4v) is 1.66. The van der Waals surface area contributed by atoms with Gasteiger partial charge in [-0.05, 0) is 26.3 Å². The summed E-state index contributed by atoms with van der Waals surface area (Å²) >= 11 is 0. The van der Waals surface area contributed by atoms with Crippen LogP contribution in [-0.4, -0.2) is 35.9 Å². The molecular formula is C14H22N4O2. The predicted octanol–water partition coefficient (Wildman–Crippen LogP) is 1.16. The lowest BCUT2D eigenvalue weighted by atomic mass is 10.2. The van der Waals surface area contributed by atoms with Gasteiger partial charge in [0.15, 0.2) is 0 Å². The Bertz CT molecular complexity index is 462. The van der Waals surface area contributed by atoms with Gasteiger partial charge in [0.05, 0.1) is 11.3 Å². The summed E-state index contributed by atoms with van der Waals surface area (Å²) in [6.07, 6.45) is 3.97. The first-order chi connectivity index (χ1) is 9.60. The molecule has 0 fully saturated rings. The predicted molar refractivity (Wildman–Crippen MR) is 78.6 cm³/mol. The Morgan fingerprint density at radius 3 is 2.75 bits per heavy atom. The molecule has 3 N–H and O–H groups in total. The Morgan fingerprint density at radius 2 is 2.10 bits per heavy atom. The molecule has 1 heterocycles. The lowest BCUT2D eigenvalue weighted by molar-refractivity contribution is -0.122. The third-order valence-electron chi connectivity index (χ3n) is 2.72. The number of hydrogen-bond acceptors (Lipinski definition) is 4. The minimum absolute atomic E-state index is 0.186. The highest BCUT2D eigenvalue weighted by atomic mass is 16.2. The van der Waals surface area contributed by atoms with Gasteiger partial charge < -0.3 is 16.0 Å². The second-order valence-corrected chi connectivity index (χ2v) is 4.44. The van der Waals surface area contributed by atoms with Crippen molar-refractivity contribution in [2.24, 2.45) is 0 Å². The second-order valence-electron chi connectivity index (χ2n) is 4.44. The molecule has 0 aliphatic heterocycles. The summed E-state index contributed by atoms with van der Waals surface area (Å²) in [5.74, 6) is -0.498. The van der Waals surface area contributed by atoms with Crippen LogP contribution in [0.3, 0.4) is 0 Å². The number of carbonyl (C=O) groups excluding carboxylic acids is 2. The summed E-state index contributed by atoms with van der Waals surface area (Å²) in [4.78, 5) is 27.8.